The Bertz CT molecular complexity index is 2460. The third kappa shape index (κ3) is 8.56. The number of hydrogen-bond donors (Lipinski definition) is 3. The van der Waals surface area contributed by atoms with Crippen LogP contribution in [0.5, 0.6) is 11.5 Å². The summed E-state index contributed by atoms with van der Waals surface area (Å²) in [7, 11) is -4.55. The smallest absolute Gasteiger partial charge is 0.293 e. The number of amides is 1. The molecule has 4 aliphatic rings. The first-order chi connectivity index (χ1) is 28.7. The molecule has 2 aromatic heterocycles. The van der Waals surface area contributed by atoms with Crippen molar-refractivity contribution in [2.75, 3.05) is 38.2 Å². The molecule has 2 saturated heterocycles. The molecule has 4 heterocycles. The van der Waals surface area contributed by atoms with Gasteiger partial charge in [0.1, 0.15) is 22.8 Å². The molecule has 3 N–H and O–H groups in total. The molecule has 0 radical (unpaired) electrons. The second kappa shape index (κ2) is 16.7. The maximum absolute atomic E-state index is 13.9. The molecule has 3 aromatic carbocycles. The van der Waals surface area contributed by atoms with Crippen molar-refractivity contribution in [3.63, 3.8) is 0 Å². The zero-order valence-corrected chi connectivity index (χ0v) is 33.5. The third-order valence-corrected chi connectivity index (χ3v) is 13.6. The number of carbonyl (C=O) groups is 1. The van der Waals surface area contributed by atoms with Crippen LogP contribution in [0.2, 0.25) is 0 Å². The number of aromatic amines is 1. The molecule has 15 heteroatoms. The number of rotatable bonds is 13. The number of benzene rings is 3. The van der Waals surface area contributed by atoms with Crippen molar-refractivity contribution in [1.82, 2.24) is 19.6 Å². The van der Waals surface area contributed by atoms with Crippen LogP contribution in [0.4, 0.5) is 11.4 Å². The fourth-order valence-corrected chi connectivity index (χ4v) is 10.1. The van der Waals surface area contributed by atoms with E-state index in [0.717, 1.165) is 49.2 Å². The van der Waals surface area contributed by atoms with Crippen molar-refractivity contribution in [2.45, 2.75) is 86.3 Å². The number of nitrogens with one attached hydrogen (secondary N) is 3. The second-order valence-corrected chi connectivity index (χ2v) is 17.8. The summed E-state index contributed by atoms with van der Waals surface area (Å²) >= 11 is 0. The first-order valence-corrected chi connectivity index (χ1v) is 22.1. The van der Waals surface area contributed by atoms with Crippen LogP contribution in [0.3, 0.4) is 0 Å². The van der Waals surface area contributed by atoms with Crippen molar-refractivity contribution >= 4 is 38.3 Å². The lowest BCUT2D eigenvalue weighted by molar-refractivity contribution is -0.384. The normalized spacial score (nSPS) is 22.6. The minimum Gasteiger partial charge on any atom is -0.455 e. The SMILES string of the molecule is O=C(NS(=O)(=O)c1ccc(NC[C@@H]2COCCO2)c([N+](=O)[O-])c1)c1ccc(C2CCC(N3CCC[C@H]3c3ccccc3C3CC3)CC2)cc1Oc1cnc2[nH]ccc2c1. The summed E-state index contributed by atoms with van der Waals surface area (Å²) in [6, 6.07) is 22.4. The van der Waals surface area contributed by atoms with Gasteiger partial charge >= 0.3 is 0 Å². The molecule has 59 heavy (non-hydrogen) atoms. The fraction of sp³-hybridized carbons (Fsp3) is 0.409. The quantitative estimate of drug-likeness (QED) is 0.0776. The van der Waals surface area contributed by atoms with E-state index in [0.29, 0.717) is 49.2 Å². The highest BCUT2D eigenvalue weighted by molar-refractivity contribution is 7.90. The number of nitrogens with zero attached hydrogens (tertiary/aromatic N) is 3. The predicted octanol–water partition coefficient (Wildman–Crippen LogP) is 7.95. The highest BCUT2D eigenvalue weighted by Gasteiger charge is 2.37. The molecule has 2 aliphatic carbocycles. The first kappa shape index (κ1) is 39.1. The zero-order chi connectivity index (χ0) is 40.5. The Kier molecular flexibility index (Phi) is 11.1. The van der Waals surface area contributed by atoms with E-state index in [9.17, 15) is 23.3 Å². The number of anilines is 1. The lowest BCUT2D eigenvalue weighted by Gasteiger charge is -2.39. The highest BCUT2D eigenvalue weighted by Crippen LogP contribution is 2.48. The van der Waals surface area contributed by atoms with E-state index in [1.54, 1.807) is 24.5 Å². The van der Waals surface area contributed by atoms with Gasteiger partial charge in [0.05, 0.1) is 47.5 Å². The number of ether oxygens (including phenoxy) is 3. The number of likely N-dealkylation sites (tertiary alicyclic amines) is 1. The Morgan fingerprint density at radius 2 is 1.76 bits per heavy atom. The number of nitro benzene ring substituents is 1. The molecule has 9 rings (SSSR count). The highest BCUT2D eigenvalue weighted by atomic mass is 32.2. The number of aromatic nitrogens is 2. The van der Waals surface area contributed by atoms with Crippen LogP contribution in [0.1, 0.15) is 96.3 Å². The van der Waals surface area contributed by atoms with Gasteiger partial charge in [0, 0.05) is 36.3 Å². The van der Waals surface area contributed by atoms with E-state index in [1.165, 1.54) is 48.9 Å². The molecule has 2 aliphatic heterocycles. The van der Waals surface area contributed by atoms with Crippen LogP contribution in [0, 0.1) is 10.1 Å². The van der Waals surface area contributed by atoms with Gasteiger partial charge < -0.3 is 24.5 Å². The van der Waals surface area contributed by atoms with E-state index < -0.39 is 31.4 Å². The number of H-pyrrole nitrogens is 1. The van der Waals surface area contributed by atoms with Crippen molar-refractivity contribution in [3.8, 4) is 11.5 Å². The van der Waals surface area contributed by atoms with Crippen molar-refractivity contribution in [2.24, 2.45) is 0 Å². The van der Waals surface area contributed by atoms with Crippen LogP contribution in [0.15, 0.2) is 90.1 Å². The lowest BCUT2D eigenvalue weighted by atomic mass is 9.80. The molecule has 0 spiro atoms. The maximum atomic E-state index is 13.9. The van der Waals surface area contributed by atoms with E-state index >= 15 is 0 Å². The first-order valence-electron chi connectivity index (χ1n) is 20.6. The molecular weight excluding hydrogens is 773 g/mol. The van der Waals surface area contributed by atoms with Gasteiger partial charge in [-0.05, 0) is 123 Å². The summed E-state index contributed by atoms with van der Waals surface area (Å²) in [4.78, 5) is 35.1. The minimum absolute atomic E-state index is 0.00287. The van der Waals surface area contributed by atoms with Crippen LogP contribution >= 0.6 is 0 Å². The Labute approximate surface area is 342 Å². The fourth-order valence-electron chi connectivity index (χ4n) is 9.14. The second-order valence-electron chi connectivity index (χ2n) is 16.1. The molecular formula is C44H48N6O8S. The number of nitro groups is 1. The van der Waals surface area contributed by atoms with Gasteiger partial charge in [-0.1, -0.05) is 30.3 Å². The predicted molar refractivity (Wildman–Crippen MR) is 222 cm³/mol. The van der Waals surface area contributed by atoms with Gasteiger partial charge in [0.15, 0.2) is 0 Å². The third-order valence-electron chi connectivity index (χ3n) is 12.3. The van der Waals surface area contributed by atoms with Crippen LogP contribution in [-0.2, 0) is 19.5 Å². The van der Waals surface area contributed by atoms with Gasteiger partial charge in [-0.15, -0.1) is 0 Å². The Hall–Kier alpha value is -5.35. The van der Waals surface area contributed by atoms with E-state index in [2.05, 4.69) is 49.2 Å². The standard InChI is InChI=1S/C44H48N6O8S/c51-44(48-59(54,55)35-14-16-39(41(24-35)50(52)53)46-26-34-27-56-20-21-57-34)38-15-11-30(23-42(38)58-33-22-31-17-18-45-43(31)47-25-33)28-9-12-32(13-10-28)49-19-3-6-40(49)37-5-2-1-4-36(37)29-7-8-29/h1-2,4-5,11,14-18,22-25,28-29,32,34,40,46H,3,6-10,12-13,19-21,26-27H2,(H,45,47)(H,48,51)/t28?,32?,34-,40+/m1/s1. The molecule has 0 unspecified atom stereocenters. The molecule has 0 bridgehead atoms. The largest absolute Gasteiger partial charge is 0.455 e. The van der Waals surface area contributed by atoms with Crippen molar-refractivity contribution in [1.29, 1.82) is 0 Å². The van der Waals surface area contributed by atoms with E-state index in [-0.39, 0.29) is 35.6 Å². The summed E-state index contributed by atoms with van der Waals surface area (Å²) in [5.74, 6) is 0.571. The van der Waals surface area contributed by atoms with Crippen LogP contribution in [0.25, 0.3) is 11.0 Å². The number of hydrogen-bond acceptors (Lipinski definition) is 11. The summed E-state index contributed by atoms with van der Waals surface area (Å²) < 4.78 is 46.8. The lowest BCUT2D eigenvalue weighted by Crippen LogP contribution is -2.37. The Morgan fingerprint density at radius 1 is 0.949 bits per heavy atom. The number of pyridine rings is 1. The zero-order valence-electron chi connectivity index (χ0n) is 32.7. The Morgan fingerprint density at radius 3 is 2.54 bits per heavy atom. The number of carbonyl (C=O) groups excluding carboxylic acids is 1. The van der Waals surface area contributed by atoms with Gasteiger partial charge in [0.2, 0.25) is 0 Å². The van der Waals surface area contributed by atoms with Crippen LogP contribution in [-0.4, -0.2) is 79.2 Å². The van der Waals surface area contributed by atoms with Gasteiger partial charge in [-0.2, -0.15) is 0 Å². The summed E-state index contributed by atoms with van der Waals surface area (Å²) in [6.45, 7) is 2.56. The molecule has 1 amide bonds. The van der Waals surface area contributed by atoms with Gasteiger partial charge in [-0.25, -0.2) is 18.1 Å². The van der Waals surface area contributed by atoms with Crippen LogP contribution < -0.4 is 14.8 Å². The molecule has 2 saturated carbocycles. The summed E-state index contributed by atoms with van der Waals surface area (Å²) in [5.41, 5.74) is 4.39. The number of fused-ring (bicyclic) bond motifs is 1. The molecule has 4 fully saturated rings. The summed E-state index contributed by atoms with van der Waals surface area (Å²) in [6.07, 6.45) is 12.0. The number of sulfonamides is 1. The average molecular weight is 821 g/mol. The monoisotopic (exact) mass is 820 g/mol. The molecule has 5 aromatic rings. The Balaban J connectivity index is 0.932. The molecule has 308 valence electrons. The van der Waals surface area contributed by atoms with Gasteiger partial charge in [0.25, 0.3) is 21.6 Å². The van der Waals surface area contributed by atoms with E-state index in [1.807, 2.05) is 18.2 Å². The minimum atomic E-state index is -4.55. The molecule has 2 atom stereocenters. The maximum Gasteiger partial charge on any atom is 0.293 e. The topological polar surface area (TPSA) is 178 Å². The summed E-state index contributed by atoms with van der Waals surface area (Å²) in [5, 5.41) is 15.8. The van der Waals surface area contributed by atoms with Gasteiger partial charge in [-0.3, -0.25) is 19.8 Å². The van der Waals surface area contributed by atoms with Crippen molar-refractivity contribution in [3.05, 3.63) is 118 Å². The average Bonchev–Trinajstić information content (AvgIpc) is 3.79. The van der Waals surface area contributed by atoms with Crippen molar-refractivity contribution < 1.29 is 32.3 Å². The molecule has 14 nitrogen and oxygen atoms in total. The van der Waals surface area contributed by atoms with E-state index in [4.69, 9.17) is 14.2 Å².